The monoisotopic (exact) mass is 377 g/mol. The Morgan fingerprint density at radius 3 is 2.88 bits per heavy atom. The van der Waals surface area contributed by atoms with E-state index in [1.54, 1.807) is 4.52 Å². The number of nitrogens with one attached hydrogen (secondary N) is 3. The maximum atomic E-state index is 12.1. The maximum Gasteiger partial charge on any atom is 0.266 e. The molecule has 1 aliphatic rings. The van der Waals surface area contributed by atoms with Crippen molar-refractivity contribution in [3.63, 3.8) is 0 Å². The number of nitrogens with zero attached hydrogens (tertiary/aromatic N) is 2. The summed E-state index contributed by atoms with van der Waals surface area (Å²) in [7, 11) is 0. The number of hydrogen-bond acceptors (Lipinski definition) is 5. The van der Waals surface area contributed by atoms with Crippen LogP contribution in [-0.2, 0) is 16.1 Å². The first-order valence-electron chi connectivity index (χ1n) is 7.23. The molecular weight excluding hydrogens is 357 g/mol. The van der Waals surface area contributed by atoms with Gasteiger partial charge in [-0.25, -0.2) is 9.50 Å². The lowest BCUT2D eigenvalue weighted by molar-refractivity contribution is -0.126. The Bertz CT molecular complexity index is 768. The van der Waals surface area contributed by atoms with Crippen LogP contribution < -0.4 is 16.2 Å². The number of morpholine rings is 1. The highest BCUT2D eigenvalue weighted by Crippen LogP contribution is 2.12. The minimum atomic E-state index is -0.322. The Balaban J connectivity index is 0.00000144. The first-order valence-corrected chi connectivity index (χ1v) is 7.23. The highest BCUT2D eigenvalue weighted by atomic mass is 35.5. The van der Waals surface area contributed by atoms with Gasteiger partial charge in [0.25, 0.3) is 5.56 Å². The van der Waals surface area contributed by atoms with Crippen LogP contribution >= 0.6 is 24.8 Å². The van der Waals surface area contributed by atoms with Crippen LogP contribution in [0.3, 0.4) is 0 Å². The fourth-order valence-electron chi connectivity index (χ4n) is 2.64. The molecular formula is C14H21Cl2N5O3. The summed E-state index contributed by atoms with van der Waals surface area (Å²) in [5.74, 6) is -0.0976. The molecule has 0 radical (unpaired) electrons. The van der Waals surface area contributed by atoms with E-state index in [0.29, 0.717) is 32.0 Å². The van der Waals surface area contributed by atoms with Gasteiger partial charge in [0.2, 0.25) is 5.91 Å². The number of halogens is 2. The lowest BCUT2D eigenvalue weighted by atomic mass is 10.1. The minimum Gasteiger partial charge on any atom is -0.378 e. The highest BCUT2D eigenvalue weighted by Gasteiger charge is 2.21. The molecule has 3 heterocycles. The molecule has 2 aromatic heterocycles. The number of amides is 1. The largest absolute Gasteiger partial charge is 0.378 e. The summed E-state index contributed by atoms with van der Waals surface area (Å²) < 4.78 is 6.92. The van der Waals surface area contributed by atoms with Crippen LogP contribution in [0.15, 0.2) is 10.9 Å². The van der Waals surface area contributed by atoms with Crippen molar-refractivity contribution < 1.29 is 9.53 Å². The van der Waals surface area contributed by atoms with Crippen molar-refractivity contribution >= 4 is 36.4 Å². The van der Waals surface area contributed by atoms with Gasteiger partial charge in [0.1, 0.15) is 6.04 Å². The number of carbonyl (C=O) groups is 1. The lowest BCUT2D eigenvalue weighted by Crippen LogP contribution is -2.51. The normalized spacial score (nSPS) is 17.0. The van der Waals surface area contributed by atoms with Crippen LogP contribution in [0, 0.1) is 13.8 Å². The number of carbonyl (C=O) groups excluding carboxylic acids is 1. The topological polar surface area (TPSA) is 101 Å². The van der Waals surface area contributed by atoms with Crippen LogP contribution in [0.5, 0.6) is 0 Å². The van der Waals surface area contributed by atoms with E-state index in [-0.39, 0.29) is 42.3 Å². The molecule has 0 aromatic carbocycles. The van der Waals surface area contributed by atoms with Gasteiger partial charge >= 0.3 is 0 Å². The summed E-state index contributed by atoms with van der Waals surface area (Å²) in [6, 6.07) is 1.13. The zero-order chi connectivity index (χ0) is 15.7. The minimum absolute atomic E-state index is 0. The third-order valence-electron chi connectivity index (χ3n) is 3.88. The second-order valence-corrected chi connectivity index (χ2v) is 5.37. The van der Waals surface area contributed by atoms with Crippen molar-refractivity contribution in [3.05, 3.63) is 33.4 Å². The third kappa shape index (κ3) is 4.07. The van der Waals surface area contributed by atoms with Gasteiger partial charge in [-0.3, -0.25) is 14.7 Å². The Labute approximate surface area is 151 Å². The Hall–Kier alpha value is -1.61. The van der Waals surface area contributed by atoms with Gasteiger partial charge in [-0.05, 0) is 13.8 Å². The number of H-pyrrole nitrogens is 1. The van der Waals surface area contributed by atoms with Crippen LogP contribution in [0.1, 0.15) is 17.0 Å². The number of aromatic amines is 1. The van der Waals surface area contributed by atoms with Crippen LogP contribution in [0.25, 0.3) is 5.65 Å². The first-order chi connectivity index (χ1) is 10.6. The van der Waals surface area contributed by atoms with Crippen molar-refractivity contribution in [1.82, 2.24) is 25.2 Å². The summed E-state index contributed by atoms with van der Waals surface area (Å²) in [6.45, 7) is 5.80. The van der Waals surface area contributed by atoms with Gasteiger partial charge in [0, 0.05) is 36.1 Å². The summed E-state index contributed by atoms with van der Waals surface area (Å²) in [4.78, 5) is 27.9. The lowest BCUT2D eigenvalue weighted by Gasteiger charge is -2.23. The van der Waals surface area contributed by atoms with Crippen molar-refractivity contribution in [3.8, 4) is 0 Å². The predicted octanol–water partition coefficient (Wildman–Crippen LogP) is 0.0876. The summed E-state index contributed by atoms with van der Waals surface area (Å²) >= 11 is 0. The average Bonchev–Trinajstić information content (AvgIpc) is 2.88. The number of aryl methyl sites for hydroxylation is 2. The molecule has 0 spiro atoms. The van der Waals surface area contributed by atoms with E-state index in [4.69, 9.17) is 4.74 Å². The van der Waals surface area contributed by atoms with E-state index in [0.717, 1.165) is 17.0 Å². The van der Waals surface area contributed by atoms with E-state index in [1.165, 1.54) is 6.07 Å². The van der Waals surface area contributed by atoms with Gasteiger partial charge in [-0.15, -0.1) is 24.8 Å². The molecule has 1 amide bonds. The van der Waals surface area contributed by atoms with Crippen molar-refractivity contribution in [2.45, 2.75) is 26.4 Å². The molecule has 1 fully saturated rings. The molecule has 0 saturated carbocycles. The smallest absolute Gasteiger partial charge is 0.266 e. The van der Waals surface area contributed by atoms with Gasteiger partial charge in [-0.1, -0.05) is 0 Å². The van der Waals surface area contributed by atoms with E-state index >= 15 is 0 Å². The van der Waals surface area contributed by atoms with Gasteiger partial charge in [-0.2, -0.15) is 0 Å². The Morgan fingerprint density at radius 2 is 2.21 bits per heavy atom. The van der Waals surface area contributed by atoms with E-state index < -0.39 is 0 Å². The average molecular weight is 378 g/mol. The zero-order valence-electron chi connectivity index (χ0n) is 13.4. The molecule has 0 bridgehead atoms. The van der Waals surface area contributed by atoms with Crippen molar-refractivity contribution in [1.29, 1.82) is 0 Å². The second kappa shape index (κ2) is 8.48. The Kier molecular flexibility index (Phi) is 7.22. The summed E-state index contributed by atoms with van der Waals surface area (Å²) in [6.07, 6.45) is 0. The first kappa shape index (κ1) is 20.4. The quantitative estimate of drug-likeness (QED) is 0.703. The Morgan fingerprint density at radius 1 is 1.46 bits per heavy atom. The molecule has 1 atom stereocenters. The number of rotatable bonds is 3. The van der Waals surface area contributed by atoms with Crippen LogP contribution in [-0.4, -0.2) is 46.3 Å². The van der Waals surface area contributed by atoms with Gasteiger partial charge in [0.05, 0.1) is 13.2 Å². The maximum absolute atomic E-state index is 12.1. The molecule has 3 rings (SSSR count). The van der Waals surface area contributed by atoms with Gasteiger partial charge < -0.3 is 15.4 Å². The number of hydrogen-bond donors (Lipinski definition) is 3. The molecule has 3 N–H and O–H groups in total. The fraction of sp³-hybridized carbons (Fsp3) is 0.500. The second-order valence-electron chi connectivity index (χ2n) is 5.37. The molecule has 1 unspecified atom stereocenters. The molecule has 24 heavy (non-hydrogen) atoms. The summed E-state index contributed by atoms with van der Waals surface area (Å²) in [5.41, 5.74) is 2.93. The molecule has 134 valence electrons. The van der Waals surface area contributed by atoms with E-state index in [2.05, 4.69) is 20.7 Å². The zero-order valence-corrected chi connectivity index (χ0v) is 15.1. The standard InChI is InChI=1S/C14H19N5O3.2ClH/c1-8-10(6-16-14(21)11-7-22-4-3-15-11)9(2)19-12(17-8)5-13(20)18-19;;/h5,11,15H,3-4,6-7H2,1-2H3,(H,16,21)(H,18,20);2*1H. The molecule has 0 aliphatic carbocycles. The van der Waals surface area contributed by atoms with Crippen LogP contribution in [0.4, 0.5) is 0 Å². The number of fused-ring (bicyclic) bond motifs is 1. The SMILES string of the molecule is Cc1nc2cc(=O)[nH]n2c(C)c1CNC(=O)C1COCCN1.Cl.Cl. The molecule has 8 nitrogen and oxygen atoms in total. The van der Waals surface area contributed by atoms with Gasteiger partial charge in [0.15, 0.2) is 5.65 Å². The number of aromatic nitrogens is 3. The number of ether oxygens (including phenoxy) is 1. The predicted molar refractivity (Wildman–Crippen MR) is 94.2 cm³/mol. The van der Waals surface area contributed by atoms with Crippen LogP contribution in [0.2, 0.25) is 0 Å². The van der Waals surface area contributed by atoms with E-state index in [9.17, 15) is 9.59 Å². The van der Waals surface area contributed by atoms with Crippen molar-refractivity contribution in [2.75, 3.05) is 19.8 Å². The summed E-state index contributed by atoms with van der Waals surface area (Å²) in [5, 5.41) is 8.71. The van der Waals surface area contributed by atoms with E-state index in [1.807, 2.05) is 13.8 Å². The molecule has 1 aliphatic heterocycles. The fourth-order valence-corrected chi connectivity index (χ4v) is 2.64. The molecule has 10 heteroatoms. The molecule has 2 aromatic rings. The van der Waals surface area contributed by atoms with Crippen molar-refractivity contribution in [2.24, 2.45) is 0 Å². The highest BCUT2D eigenvalue weighted by molar-refractivity contribution is 5.85. The third-order valence-corrected chi connectivity index (χ3v) is 3.88. The molecule has 1 saturated heterocycles.